The van der Waals surface area contributed by atoms with Crippen LogP contribution in [-0.2, 0) is 0 Å². The van der Waals surface area contributed by atoms with Crippen LogP contribution in [0.25, 0.3) is 11.0 Å². The Balaban J connectivity index is 1.31. The Morgan fingerprint density at radius 2 is 1.19 bits per heavy atom. The van der Waals surface area contributed by atoms with Gasteiger partial charge in [-0.25, -0.2) is 0 Å². The van der Waals surface area contributed by atoms with Crippen molar-refractivity contribution >= 4 is 97.1 Å². The molecule has 7 aromatic carbocycles. The number of rotatable bonds is 4. The van der Waals surface area contributed by atoms with Gasteiger partial charge in [0.05, 0.1) is 40.2 Å². The van der Waals surface area contributed by atoms with E-state index in [1.807, 2.05) is 30.6 Å². The molecule has 0 saturated heterocycles. The van der Waals surface area contributed by atoms with Crippen LogP contribution in [0.15, 0.2) is 195 Å². The van der Waals surface area contributed by atoms with Gasteiger partial charge in [0.15, 0.2) is 19.6 Å². The number of fused-ring (bicyclic) bond motifs is 8. The second-order valence-corrected chi connectivity index (χ2v) is 18.5. The number of anilines is 6. The van der Waals surface area contributed by atoms with Gasteiger partial charge in [-0.1, -0.05) is 127 Å². The van der Waals surface area contributed by atoms with E-state index >= 15 is 0 Å². The summed E-state index contributed by atoms with van der Waals surface area (Å²) in [6, 6.07) is 61.8. The fourth-order valence-corrected chi connectivity index (χ4v) is 15.1. The van der Waals surface area contributed by atoms with Gasteiger partial charge < -0.3 is 14.5 Å². The van der Waals surface area contributed by atoms with Gasteiger partial charge >= 0.3 is 0 Å². The van der Waals surface area contributed by atoms with Crippen molar-refractivity contribution in [3.8, 4) is 11.5 Å². The van der Waals surface area contributed by atoms with E-state index in [0.717, 1.165) is 56.7 Å². The first kappa shape index (κ1) is 32.0. The highest BCUT2D eigenvalue weighted by Gasteiger charge is 2.55. The van der Waals surface area contributed by atoms with Gasteiger partial charge in [-0.2, -0.15) is 0 Å². The summed E-state index contributed by atoms with van der Waals surface area (Å²) in [6.45, 7) is -0.0497. The predicted molar refractivity (Wildman–Crippen MR) is 235 cm³/mol. The van der Waals surface area contributed by atoms with Crippen LogP contribution in [0.2, 0.25) is 0 Å². The van der Waals surface area contributed by atoms with E-state index in [1.54, 1.807) is 12.4 Å². The number of ether oxygens (including phenoxy) is 1. The maximum absolute atomic E-state index is 7.32. The van der Waals surface area contributed by atoms with Crippen LogP contribution in [0.5, 0.6) is 11.5 Å². The number of hydrogen-bond donors (Lipinski definition) is 0. The zero-order chi connectivity index (χ0) is 37.5. The Morgan fingerprint density at radius 1 is 0.509 bits per heavy atom. The minimum atomic E-state index is -3.07. The highest BCUT2D eigenvalue weighted by atomic mass is 28.3. The van der Waals surface area contributed by atoms with Crippen molar-refractivity contribution in [2.75, 3.05) is 9.80 Å². The molecule has 0 aliphatic carbocycles. The highest BCUT2D eigenvalue weighted by Crippen LogP contribution is 2.56. The van der Waals surface area contributed by atoms with E-state index in [-0.39, 0.29) is 6.71 Å². The lowest BCUT2D eigenvalue weighted by Crippen LogP contribution is -2.87. The van der Waals surface area contributed by atoms with E-state index in [9.17, 15) is 0 Å². The molecule has 9 aromatic rings. The number of pyridine rings is 1. The normalized spacial score (nSPS) is 14.1. The molecular formula is C49H32BN5OSi. The van der Waals surface area contributed by atoms with Gasteiger partial charge in [-0.15, -0.1) is 0 Å². The van der Waals surface area contributed by atoms with Crippen LogP contribution in [0.3, 0.4) is 0 Å². The SMILES string of the molecule is c1ccc([Si]2(c3ccccc3)c3ccccc3B3c4ccccc4N(c4cccnc4)c4c5c(cc2c43)N(c2cccc3nccnc23)c2ccccc2O5)cc1. The Bertz CT molecular complexity index is 2990. The molecule has 12 rings (SSSR count). The molecule has 57 heavy (non-hydrogen) atoms. The van der Waals surface area contributed by atoms with Crippen LogP contribution in [-0.4, -0.2) is 29.7 Å². The first-order chi connectivity index (χ1) is 28.3. The number of benzene rings is 7. The molecule has 5 heterocycles. The molecule has 0 N–H and O–H groups in total. The van der Waals surface area contributed by atoms with Crippen LogP contribution in [0, 0.1) is 0 Å². The van der Waals surface area contributed by atoms with Crippen molar-refractivity contribution in [3.63, 3.8) is 0 Å². The lowest BCUT2D eigenvalue weighted by Gasteiger charge is -2.49. The summed E-state index contributed by atoms with van der Waals surface area (Å²) in [5.74, 6) is 1.56. The largest absolute Gasteiger partial charge is 0.451 e. The van der Waals surface area contributed by atoms with Gasteiger partial charge in [-0.3, -0.25) is 15.0 Å². The van der Waals surface area contributed by atoms with E-state index in [1.165, 1.54) is 37.1 Å². The number of hydrogen-bond acceptors (Lipinski definition) is 6. The van der Waals surface area contributed by atoms with E-state index in [0.29, 0.717) is 0 Å². The topological polar surface area (TPSA) is 54.4 Å². The molecular weight excluding hydrogens is 713 g/mol. The minimum absolute atomic E-state index is 0.0497. The Kier molecular flexibility index (Phi) is 6.94. The zero-order valence-electron chi connectivity index (χ0n) is 30.7. The van der Waals surface area contributed by atoms with Crippen molar-refractivity contribution in [1.29, 1.82) is 0 Å². The third-order valence-corrected chi connectivity index (χ3v) is 16.8. The molecule has 3 aliphatic heterocycles. The van der Waals surface area contributed by atoms with Crippen molar-refractivity contribution in [2.24, 2.45) is 0 Å². The molecule has 0 atom stereocenters. The summed E-state index contributed by atoms with van der Waals surface area (Å²) in [6.07, 6.45) is 7.34. The maximum atomic E-state index is 7.32. The lowest BCUT2D eigenvalue weighted by atomic mass is 9.34. The second kappa shape index (κ2) is 12.4. The van der Waals surface area contributed by atoms with E-state index in [2.05, 4.69) is 166 Å². The predicted octanol–water partition coefficient (Wildman–Crippen LogP) is 6.59. The molecule has 2 aromatic heterocycles. The monoisotopic (exact) mass is 745 g/mol. The second-order valence-electron chi connectivity index (χ2n) is 14.7. The van der Waals surface area contributed by atoms with Crippen molar-refractivity contribution < 1.29 is 4.74 Å². The number of aromatic nitrogens is 3. The first-order valence-corrected chi connectivity index (χ1v) is 21.3. The van der Waals surface area contributed by atoms with E-state index in [4.69, 9.17) is 14.7 Å². The van der Waals surface area contributed by atoms with Gasteiger partial charge in [0.1, 0.15) is 5.52 Å². The molecule has 0 bridgehead atoms. The Morgan fingerprint density at radius 3 is 1.98 bits per heavy atom. The van der Waals surface area contributed by atoms with Crippen LogP contribution < -0.4 is 51.7 Å². The fraction of sp³-hybridized carbons (Fsp3) is 0. The first-order valence-electron chi connectivity index (χ1n) is 19.3. The standard InChI is InChI=1S/C49H32BN5OSi/c1-3-16-34(17-4-1)57(35-18-5-2-6-19-35)44-27-12-8-21-37(44)50-36-20-7-9-23-39(36)54(33-15-14-28-51-32-33)48-46(50)45(57)31-42-49(48)56-43-26-11-10-24-40(43)55(42)41-25-13-22-38-47(41)53-30-29-52-38/h1-32H. The summed E-state index contributed by atoms with van der Waals surface area (Å²) < 4.78 is 7.32. The summed E-state index contributed by atoms with van der Waals surface area (Å²) in [7, 11) is -3.07. The highest BCUT2D eigenvalue weighted by molar-refractivity contribution is 7.26. The lowest BCUT2D eigenvalue weighted by molar-refractivity contribution is 0.478. The van der Waals surface area contributed by atoms with Crippen molar-refractivity contribution in [3.05, 3.63) is 195 Å². The smallest absolute Gasteiger partial charge is 0.246 e. The molecule has 0 saturated carbocycles. The molecule has 6 nitrogen and oxygen atoms in total. The van der Waals surface area contributed by atoms with Crippen LogP contribution in [0.4, 0.5) is 34.1 Å². The molecule has 0 fully saturated rings. The minimum Gasteiger partial charge on any atom is -0.451 e. The molecule has 8 heteroatoms. The zero-order valence-corrected chi connectivity index (χ0v) is 31.7. The van der Waals surface area contributed by atoms with E-state index < -0.39 is 8.07 Å². The van der Waals surface area contributed by atoms with Gasteiger partial charge in [0.25, 0.3) is 0 Å². The average Bonchev–Trinajstić information content (AvgIpc) is 3.29. The molecule has 266 valence electrons. The van der Waals surface area contributed by atoms with Gasteiger partial charge in [0.2, 0.25) is 6.71 Å². The average molecular weight is 746 g/mol. The Labute approximate surface area is 331 Å². The maximum Gasteiger partial charge on any atom is 0.246 e. The summed E-state index contributed by atoms with van der Waals surface area (Å²) in [5.41, 5.74) is 11.5. The van der Waals surface area contributed by atoms with Gasteiger partial charge in [0, 0.05) is 24.3 Å². The summed E-state index contributed by atoms with van der Waals surface area (Å²) in [4.78, 5) is 19.1. The summed E-state index contributed by atoms with van der Waals surface area (Å²) in [5, 5.41) is 5.39. The van der Waals surface area contributed by atoms with Gasteiger partial charge in [-0.05, 0) is 80.2 Å². The van der Waals surface area contributed by atoms with Crippen molar-refractivity contribution in [2.45, 2.75) is 0 Å². The van der Waals surface area contributed by atoms with Crippen LogP contribution >= 0.6 is 0 Å². The van der Waals surface area contributed by atoms with Crippen LogP contribution in [0.1, 0.15) is 0 Å². The third-order valence-electron chi connectivity index (χ3n) is 11.9. The molecule has 0 spiro atoms. The quantitative estimate of drug-likeness (QED) is 0.190. The number of nitrogens with zero attached hydrogens (tertiary/aromatic N) is 5. The third kappa shape index (κ3) is 4.44. The summed E-state index contributed by atoms with van der Waals surface area (Å²) >= 11 is 0. The van der Waals surface area contributed by atoms with Crippen molar-refractivity contribution in [1.82, 2.24) is 15.0 Å². The molecule has 0 radical (unpaired) electrons. The Hall–Kier alpha value is -7.29. The molecule has 3 aliphatic rings. The number of para-hydroxylation sites is 4. The molecule has 0 amide bonds. The molecule has 0 unspecified atom stereocenters. The fourth-order valence-electron chi connectivity index (χ4n) is 9.82.